The van der Waals surface area contributed by atoms with Crippen LogP contribution in [0.2, 0.25) is 0 Å². The molecule has 0 unspecified atom stereocenters. The molecule has 0 fully saturated rings. The van der Waals surface area contributed by atoms with E-state index in [9.17, 15) is 9.59 Å². The first-order valence-electron chi connectivity index (χ1n) is 9.11. The summed E-state index contributed by atoms with van der Waals surface area (Å²) < 4.78 is 11.0. The third-order valence-electron chi connectivity index (χ3n) is 4.34. The number of hydrogen-bond acceptors (Lipinski definition) is 5. The zero-order valence-electron chi connectivity index (χ0n) is 15.5. The highest BCUT2D eigenvalue weighted by molar-refractivity contribution is 5.89. The van der Waals surface area contributed by atoms with Gasteiger partial charge in [0.1, 0.15) is 24.8 Å². The summed E-state index contributed by atoms with van der Waals surface area (Å²) in [6.45, 7) is 0.330. The Bertz CT molecular complexity index is 1180. The Hall–Kier alpha value is -3.93. The Morgan fingerprint density at radius 2 is 1.59 bits per heavy atom. The van der Waals surface area contributed by atoms with Gasteiger partial charge in [0, 0.05) is 0 Å². The van der Waals surface area contributed by atoms with Gasteiger partial charge in [-0.25, -0.2) is 9.78 Å². The molecule has 6 heteroatoms. The van der Waals surface area contributed by atoms with Gasteiger partial charge in [-0.2, -0.15) is 0 Å². The molecule has 0 aliphatic heterocycles. The van der Waals surface area contributed by atoms with E-state index in [1.54, 1.807) is 48.5 Å². The van der Waals surface area contributed by atoms with E-state index in [2.05, 4.69) is 9.97 Å². The Kier molecular flexibility index (Phi) is 5.33. The number of carbonyl (C=O) groups is 1. The number of H-pyrrole nitrogens is 1. The number of rotatable bonds is 6. The predicted octanol–water partition coefficient (Wildman–Crippen LogP) is 3.86. The van der Waals surface area contributed by atoms with Crippen LogP contribution in [-0.4, -0.2) is 15.9 Å². The Morgan fingerprint density at radius 1 is 0.862 bits per heavy atom. The maximum Gasteiger partial charge on any atom is 0.338 e. The number of benzene rings is 3. The van der Waals surface area contributed by atoms with Crippen LogP contribution >= 0.6 is 0 Å². The summed E-state index contributed by atoms with van der Waals surface area (Å²) in [7, 11) is 0. The standard InChI is InChI=1S/C23H18N2O4/c26-22-19-8-4-5-9-20(19)24-21(25-22)15-29-23(27)17-10-12-18(13-11-17)28-14-16-6-2-1-3-7-16/h1-13H,14-15H2,(H,24,25,26). The minimum Gasteiger partial charge on any atom is -0.489 e. The minimum absolute atomic E-state index is 0.120. The second kappa shape index (κ2) is 8.39. The first-order chi connectivity index (χ1) is 14.2. The maximum absolute atomic E-state index is 12.3. The van der Waals surface area contributed by atoms with Gasteiger partial charge in [0.05, 0.1) is 16.5 Å². The molecule has 3 aromatic carbocycles. The van der Waals surface area contributed by atoms with Crippen LogP contribution in [-0.2, 0) is 18.0 Å². The van der Waals surface area contributed by atoms with Gasteiger partial charge in [0.2, 0.25) is 0 Å². The molecule has 1 heterocycles. The van der Waals surface area contributed by atoms with E-state index in [-0.39, 0.29) is 12.2 Å². The van der Waals surface area contributed by atoms with Crippen LogP contribution in [0.25, 0.3) is 10.9 Å². The zero-order valence-corrected chi connectivity index (χ0v) is 15.5. The summed E-state index contributed by atoms with van der Waals surface area (Å²) in [5.41, 5.74) is 1.75. The molecule has 144 valence electrons. The molecule has 0 amide bonds. The highest BCUT2D eigenvalue weighted by Gasteiger charge is 2.10. The summed E-state index contributed by atoms with van der Waals surface area (Å²) in [4.78, 5) is 31.3. The molecule has 4 aromatic rings. The lowest BCUT2D eigenvalue weighted by molar-refractivity contribution is 0.0462. The average molecular weight is 386 g/mol. The number of nitrogens with one attached hydrogen (secondary N) is 1. The number of ether oxygens (including phenoxy) is 2. The molecule has 4 rings (SSSR count). The van der Waals surface area contributed by atoms with Gasteiger partial charge in [-0.05, 0) is 42.0 Å². The van der Waals surface area contributed by atoms with E-state index >= 15 is 0 Å². The normalized spacial score (nSPS) is 10.6. The molecule has 0 aliphatic rings. The minimum atomic E-state index is -0.504. The monoisotopic (exact) mass is 386 g/mol. The van der Waals surface area contributed by atoms with Crippen molar-refractivity contribution in [1.29, 1.82) is 0 Å². The molecule has 1 N–H and O–H groups in total. The van der Waals surface area contributed by atoms with Crippen LogP contribution < -0.4 is 10.3 Å². The highest BCUT2D eigenvalue weighted by Crippen LogP contribution is 2.15. The molecule has 0 aliphatic carbocycles. The second-order valence-corrected chi connectivity index (χ2v) is 6.40. The van der Waals surface area contributed by atoms with Crippen LogP contribution in [0.5, 0.6) is 5.75 Å². The lowest BCUT2D eigenvalue weighted by atomic mass is 10.2. The number of esters is 1. The maximum atomic E-state index is 12.3. The van der Waals surface area contributed by atoms with Crippen molar-refractivity contribution in [3.8, 4) is 5.75 Å². The molecule has 0 atom stereocenters. The van der Waals surface area contributed by atoms with Crippen molar-refractivity contribution in [2.45, 2.75) is 13.2 Å². The third-order valence-corrected chi connectivity index (χ3v) is 4.34. The van der Waals surface area contributed by atoms with Crippen LogP contribution in [0.1, 0.15) is 21.7 Å². The largest absolute Gasteiger partial charge is 0.489 e. The topological polar surface area (TPSA) is 81.3 Å². The third kappa shape index (κ3) is 4.50. The Labute approximate surface area is 166 Å². The van der Waals surface area contributed by atoms with Crippen LogP contribution in [0.3, 0.4) is 0 Å². The summed E-state index contributed by atoms with van der Waals surface area (Å²) in [6.07, 6.45) is 0. The molecule has 1 aromatic heterocycles. The molecular weight excluding hydrogens is 368 g/mol. The number of carbonyl (C=O) groups excluding carboxylic acids is 1. The molecule has 0 bridgehead atoms. The second-order valence-electron chi connectivity index (χ2n) is 6.40. The number of para-hydroxylation sites is 1. The molecule has 0 spiro atoms. The van der Waals surface area contributed by atoms with Gasteiger partial charge >= 0.3 is 5.97 Å². The van der Waals surface area contributed by atoms with E-state index in [1.807, 2.05) is 30.3 Å². The van der Waals surface area contributed by atoms with Crippen molar-refractivity contribution >= 4 is 16.9 Å². The van der Waals surface area contributed by atoms with Gasteiger partial charge in [0.15, 0.2) is 0 Å². The zero-order chi connectivity index (χ0) is 20.1. The predicted molar refractivity (Wildman–Crippen MR) is 109 cm³/mol. The summed E-state index contributed by atoms with van der Waals surface area (Å²) >= 11 is 0. The number of aromatic nitrogens is 2. The smallest absolute Gasteiger partial charge is 0.338 e. The van der Waals surface area contributed by atoms with E-state index in [0.717, 1.165) is 5.56 Å². The highest BCUT2D eigenvalue weighted by atomic mass is 16.5. The first kappa shape index (κ1) is 18.4. The van der Waals surface area contributed by atoms with Gasteiger partial charge in [-0.15, -0.1) is 0 Å². The van der Waals surface area contributed by atoms with Crippen LogP contribution in [0.4, 0.5) is 0 Å². The molecular formula is C23H18N2O4. The number of aromatic amines is 1. The summed E-state index contributed by atoms with van der Waals surface area (Å²) in [5.74, 6) is 0.450. The van der Waals surface area contributed by atoms with Gasteiger partial charge < -0.3 is 14.5 Å². The SMILES string of the molecule is O=C(OCc1nc2ccccc2c(=O)[nH]1)c1ccc(OCc2ccccc2)cc1. The lowest BCUT2D eigenvalue weighted by Crippen LogP contribution is -2.14. The molecule has 0 saturated carbocycles. The fraction of sp³-hybridized carbons (Fsp3) is 0.0870. The van der Waals surface area contributed by atoms with Gasteiger partial charge in [0.25, 0.3) is 5.56 Å². The van der Waals surface area contributed by atoms with E-state index in [1.165, 1.54) is 0 Å². The van der Waals surface area contributed by atoms with Crippen molar-refractivity contribution in [3.05, 3.63) is 106 Å². The van der Waals surface area contributed by atoms with E-state index in [0.29, 0.717) is 34.6 Å². The van der Waals surface area contributed by atoms with Crippen LogP contribution in [0, 0.1) is 0 Å². The quantitative estimate of drug-likeness (QED) is 0.509. The van der Waals surface area contributed by atoms with E-state index < -0.39 is 5.97 Å². The molecule has 0 saturated heterocycles. The van der Waals surface area contributed by atoms with Crippen molar-refractivity contribution in [2.75, 3.05) is 0 Å². The lowest BCUT2D eigenvalue weighted by Gasteiger charge is -2.08. The van der Waals surface area contributed by atoms with Gasteiger partial charge in [-0.3, -0.25) is 4.79 Å². The van der Waals surface area contributed by atoms with Crippen molar-refractivity contribution < 1.29 is 14.3 Å². The summed E-state index contributed by atoms with van der Waals surface area (Å²) in [6, 6.07) is 23.5. The number of nitrogens with zero attached hydrogens (tertiary/aromatic N) is 1. The fourth-order valence-corrected chi connectivity index (χ4v) is 2.85. The first-order valence-corrected chi connectivity index (χ1v) is 9.11. The number of fused-ring (bicyclic) bond motifs is 1. The average Bonchev–Trinajstić information content (AvgIpc) is 2.77. The van der Waals surface area contributed by atoms with E-state index in [4.69, 9.17) is 9.47 Å². The molecule has 0 radical (unpaired) electrons. The van der Waals surface area contributed by atoms with Crippen LogP contribution in [0.15, 0.2) is 83.7 Å². The fourth-order valence-electron chi connectivity index (χ4n) is 2.85. The number of hydrogen-bond donors (Lipinski definition) is 1. The Morgan fingerprint density at radius 3 is 2.38 bits per heavy atom. The van der Waals surface area contributed by atoms with Crippen molar-refractivity contribution in [2.24, 2.45) is 0 Å². The summed E-state index contributed by atoms with van der Waals surface area (Å²) in [5, 5.41) is 0.494. The van der Waals surface area contributed by atoms with Crippen molar-refractivity contribution in [3.63, 3.8) is 0 Å². The van der Waals surface area contributed by atoms with Gasteiger partial charge in [-0.1, -0.05) is 42.5 Å². The van der Waals surface area contributed by atoms with Crippen molar-refractivity contribution in [1.82, 2.24) is 9.97 Å². The molecule has 6 nitrogen and oxygen atoms in total. The Balaban J connectivity index is 1.37. The molecule has 29 heavy (non-hydrogen) atoms.